The smallest absolute Gasteiger partial charge is 0.153 e. The summed E-state index contributed by atoms with van der Waals surface area (Å²) < 4.78 is 5.52. The Kier molecular flexibility index (Phi) is 6.47. The van der Waals surface area contributed by atoms with Crippen LogP contribution in [0.15, 0.2) is 48.7 Å². The van der Waals surface area contributed by atoms with Crippen molar-refractivity contribution in [2.45, 2.75) is 44.0 Å². The lowest BCUT2D eigenvalue weighted by atomic mass is 10.1. The summed E-state index contributed by atoms with van der Waals surface area (Å²) in [7, 11) is 2.00. The Morgan fingerprint density at radius 3 is 2.38 bits per heavy atom. The van der Waals surface area contributed by atoms with E-state index < -0.39 is 5.66 Å². The van der Waals surface area contributed by atoms with Crippen molar-refractivity contribution < 1.29 is 9.53 Å². The number of hydrogen-bond acceptors (Lipinski definition) is 6. The van der Waals surface area contributed by atoms with Crippen molar-refractivity contribution >= 4 is 6.29 Å². The maximum Gasteiger partial charge on any atom is 0.153 e. The number of nitrogens with one attached hydrogen (secondary N) is 1. The second-order valence-corrected chi connectivity index (χ2v) is 6.83. The van der Waals surface area contributed by atoms with Crippen LogP contribution >= 0.6 is 0 Å². The van der Waals surface area contributed by atoms with Crippen LogP contribution in [0.4, 0.5) is 0 Å². The van der Waals surface area contributed by atoms with Crippen molar-refractivity contribution in [2.24, 2.45) is 11.5 Å². The summed E-state index contributed by atoms with van der Waals surface area (Å²) in [6, 6.07) is 13.0. The van der Waals surface area contributed by atoms with E-state index in [1.807, 2.05) is 25.4 Å². The fourth-order valence-electron chi connectivity index (χ4n) is 2.41. The highest BCUT2D eigenvalue weighted by Gasteiger charge is 2.43. The van der Waals surface area contributed by atoms with Gasteiger partial charge in [0.1, 0.15) is 11.9 Å². The molecule has 1 aliphatic carbocycles. The Labute approximate surface area is 154 Å². The number of carbonyl (C=O) groups is 1. The molecule has 1 saturated carbocycles. The van der Waals surface area contributed by atoms with Crippen molar-refractivity contribution in [1.82, 2.24) is 10.3 Å². The molecule has 1 aliphatic rings. The number of aldehydes is 1. The summed E-state index contributed by atoms with van der Waals surface area (Å²) in [5.74, 6) is 0.502. The van der Waals surface area contributed by atoms with E-state index in [2.05, 4.69) is 16.4 Å². The van der Waals surface area contributed by atoms with Crippen molar-refractivity contribution in [3.8, 4) is 5.75 Å². The summed E-state index contributed by atoms with van der Waals surface area (Å²) in [6.07, 6.45) is 4.67. The summed E-state index contributed by atoms with van der Waals surface area (Å²) >= 11 is 0. The third kappa shape index (κ3) is 5.11. The number of benzene rings is 1. The van der Waals surface area contributed by atoms with Crippen LogP contribution in [0.1, 0.15) is 42.7 Å². The van der Waals surface area contributed by atoms with Gasteiger partial charge in [-0.05, 0) is 58.0 Å². The van der Waals surface area contributed by atoms with Gasteiger partial charge in [0.15, 0.2) is 6.29 Å². The highest BCUT2D eigenvalue weighted by molar-refractivity contribution is 5.79. The zero-order chi connectivity index (χ0) is 19.2. The van der Waals surface area contributed by atoms with Crippen molar-refractivity contribution in [3.63, 3.8) is 0 Å². The molecule has 6 heteroatoms. The number of nitrogens with two attached hydrogens (primary N) is 2. The van der Waals surface area contributed by atoms with Crippen molar-refractivity contribution in [3.05, 3.63) is 59.9 Å². The van der Waals surface area contributed by atoms with E-state index in [0.29, 0.717) is 11.3 Å². The SMILES string of the molecule is CC(Oc1ccccc1C=O)C(C)(N)N.CNC1(c2ccccn2)CC1. The molecule has 1 aromatic carbocycles. The molecule has 0 amide bonds. The minimum absolute atomic E-state index is 0.223. The Bertz CT molecular complexity index is 709. The first-order chi connectivity index (χ1) is 12.3. The number of para-hydroxylation sites is 1. The van der Waals surface area contributed by atoms with Crippen LogP contribution < -0.4 is 21.5 Å². The predicted octanol–water partition coefficient (Wildman–Crippen LogP) is 2.19. The van der Waals surface area contributed by atoms with Crippen LogP contribution in [0.3, 0.4) is 0 Å². The Morgan fingerprint density at radius 2 is 1.88 bits per heavy atom. The van der Waals surface area contributed by atoms with Gasteiger partial charge in [-0.2, -0.15) is 0 Å². The van der Waals surface area contributed by atoms with E-state index in [1.165, 1.54) is 18.5 Å². The third-order valence-electron chi connectivity index (χ3n) is 4.61. The molecule has 1 fully saturated rings. The molecule has 0 saturated heterocycles. The van der Waals surface area contributed by atoms with Gasteiger partial charge in [0.25, 0.3) is 0 Å². The molecular weight excluding hydrogens is 328 g/mol. The molecule has 3 rings (SSSR count). The number of rotatable bonds is 6. The van der Waals surface area contributed by atoms with E-state index in [9.17, 15) is 4.79 Å². The summed E-state index contributed by atoms with van der Waals surface area (Å²) in [5, 5.41) is 3.31. The number of ether oxygens (including phenoxy) is 1. The molecule has 1 aromatic heterocycles. The lowest BCUT2D eigenvalue weighted by molar-refractivity contribution is 0.110. The fraction of sp³-hybridized carbons (Fsp3) is 0.400. The minimum Gasteiger partial charge on any atom is -0.487 e. The fourth-order valence-corrected chi connectivity index (χ4v) is 2.41. The number of pyridine rings is 1. The molecule has 26 heavy (non-hydrogen) atoms. The maximum absolute atomic E-state index is 10.7. The van der Waals surface area contributed by atoms with Crippen LogP contribution in [0.25, 0.3) is 0 Å². The Morgan fingerprint density at radius 1 is 1.23 bits per heavy atom. The molecule has 1 unspecified atom stereocenters. The zero-order valence-electron chi connectivity index (χ0n) is 15.6. The second-order valence-electron chi connectivity index (χ2n) is 6.83. The summed E-state index contributed by atoms with van der Waals surface area (Å²) in [4.78, 5) is 15.0. The lowest BCUT2D eigenvalue weighted by Gasteiger charge is -2.27. The van der Waals surface area contributed by atoms with E-state index in [1.54, 1.807) is 38.1 Å². The quantitative estimate of drug-likeness (QED) is 0.541. The monoisotopic (exact) mass is 356 g/mol. The molecule has 0 radical (unpaired) electrons. The molecule has 2 aromatic rings. The Balaban J connectivity index is 0.000000195. The van der Waals surface area contributed by atoms with Gasteiger partial charge in [-0.1, -0.05) is 18.2 Å². The molecule has 1 heterocycles. The zero-order valence-corrected chi connectivity index (χ0v) is 15.6. The van der Waals surface area contributed by atoms with Crippen LogP contribution in [-0.2, 0) is 5.54 Å². The molecule has 0 aliphatic heterocycles. The van der Waals surface area contributed by atoms with Gasteiger partial charge in [-0.25, -0.2) is 0 Å². The summed E-state index contributed by atoms with van der Waals surface area (Å²) in [6.45, 7) is 3.43. The van der Waals surface area contributed by atoms with E-state index in [-0.39, 0.29) is 11.6 Å². The van der Waals surface area contributed by atoms with Gasteiger partial charge in [0.2, 0.25) is 0 Å². The molecule has 1 atom stereocenters. The number of carbonyl (C=O) groups excluding carboxylic acids is 1. The topological polar surface area (TPSA) is 103 Å². The molecular formula is C20H28N4O2. The molecule has 0 bridgehead atoms. The van der Waals surface area contributed by atoms with Crippen LogP contribution in [0.2, 0.25) is 0 Å². The normalized spacial score (nSPS) is 16.0. The predicted molar refractivity (Wildman–Crippen MR) is 103 cm³/mol. The van der Waals surface area contributed by atoms with Gasteiger partial charge >= 0.3 is 0 Å². The van der Waals surface area contributed by atoms with Gasteiger partial charge in [-0.15, -0.1) is 0 Å². The minimum atomic E-state index is -0.935. The van der Waals surface area contributed by atoms with Crippen molar-refractivity contribution in [2.75, 3.05) is 7.05 Å². The van der Waals surface area contributed by atoms with Crippen molar-refractivity contribution in [1.29, 1.82) is 0 Å². The first-order valence-electron chi connectivity index (χ1n) is 8.71. The first kappa shape index (κ1) is 20.0. The van der Waals surface area contributed by atoms with Gasteiger partial charge in [0, 0.05) is 6.20 Å². The van der Waals surface area contributed by atoms with E-state index in [0.717, 1.165) is 6.29 Å². The van der Waals surface area contributed by atoms with Gasteiger partial charge in [-0.3, -0.25) is 9.78 Å². The second kappa shape index (κ2) is 8.40. The molecule has 0 spiro atoms. The highest BCUT2D eigenvalue weighted by atomic mass is 16.5. The van der Waals surface area contributed by atoms with Crippen LogP contribution in [-0.4, -0.2) is 30.1 Å². The first-order valence-corrected chi connectivity index (χ1v) is 8.71. The van der Waals surface area contributed by atoms with Gasteiger partial charge in [0.05, 0.1) is 22.5 Å². The lowest BCUT2D eigenvalue weighted by Crippen LogP contribution is -2.57. The van der Waals surface area contributed by atoms with Crippen LogP contribution in [0.5, 0.6) is 5.75 Å². The molecule has 140 valence electrons. The van der Waals surface area contributed by atoms with E-state index in [4.69, 9.17) is 16.2 Å². The number of nitrogens with zero attached hydrogens (tertiary/aromatic N) is 1. The average molecular weight is 356 g/mol. The summed E-state index contributed by atoms with van der Waals surface area (Å²) in [5.41, 5.74) is 12.3. The number of aromatic nitrogens is 1. The largest absolute Gasteiger partial charge is 0.487 e. The maximum atomic E-state index is 10.7. The average Bonchev–Trinajstić information content (AvgIpc) is 3.44. The Hall–Kier alpha value is -2.28. The molecule has 6 nitrogen and oxygen atoms in total. The van der Waals surface area contributed by atoms with Crippen LogP contribution in [0, 0.1) is 0 Å². The van der Waals surface area contributed by atoms with Gasteiger partial charge < -0.3 is 21.5 Å². The number of hydrogen-bond donors (Lipinski definition) is 3. The standard InChI is InChI=1S/C11H16N2O2.C9H12N2/c1-8(11(2,12)13)15-10-6-4-3-5-9(10)7-14;1-10-9(5-6-9)8-4-2-3-7-11-8/h3-8H,12-13H2,1-2H3;2-4,7,10H,5-6H2,1H3. The highest BCUT2D eigenvalue weighted by Crippen LogP contribution is 2.43. The third-order valence-corrected chi connectivity index (χ3v) is 4.61. The van der Waals surface area contributed by atoms with E-state index >= 15 is 0 Å². The molecule has 5 N–H and O–H groups in total.